The minimum atomic E-state index is -5.17. The Bertz CT molecular complexity index is 464. The van der Waals surface area contributed by atoms with Gasteiger partial charge >= 0.3 is 0 Å². The van der Waals surface area contributed by atoms with E-state index >= 15 is 0 Å². The molecule has 0 aromatic heterocycles. The van der Waals surface area contributed by atoms with E-state index in [-0.39, 0.29) is 5.84 Å². The predicted molar refractivity (Wildman–Crippen MR) is 59.1 cm³/mol. The van der Waals surface area contributed by atoms with E-state index in [2.05, 4.69) is 0 Å². The Morgan fingerprint density at radius 2 is 1.88 bits per heavy atom. The monoisotopic (exact) mass is 260 g/mol. The van der Waals surface area contributed by atoms with E-state index in [1.165, 1.54) is 0 Å². The van der Waals surface area contributed by atoms with Crippen LogP contribution in [-0.2, 0) is 10.4 Å². The van der Waals surface area contributed by atoms with Crippen LogP contribution < -0.4 is 10.5 Å². The molecule has 1 aromatic carbocycles. The zero-order valence-corrected chi connectivity index (χ0v) is 9.86. The Morgan fingerprint density at radius 1 is 1.41 bits per heavy atom. The molecular weight excluding hydrogens is 248 g/mol. The Kier molecular flexibility index (Phi) is 6.18. The van der Waals surface area contributed by atoms with Gasteiger partial charge in [0.05, 0.1) is 12.2 Å². The third kappa shape index (κ3) is 8.20. The lowest BCUT2D eigenvalue weighted by Crippen LogP contribution is -2.12. The summed E-state index contributed by atoms with van der Waals surface area (Å²) in [6.45, 7) is 2.49. The van der Waals surface area contributed by atoms with E-state index in [1.807, 2.05) is 19.1 Å². The van der Waals surface area contributed by atoms with Crippen LogP contribution in [0.15, 0.2) is 24.3 Å². The number of hydrogen-bond donors (Lipinski definition) is 2. The molecule has 7 nitrogen and oxygen atoms in total. The summed E-state index contributed by atoms with van der Waals surface area (Å²) in [6.07, 6.45) is 0. The largest absolute Gasteiger partial charge is 0.759 e. The second kappa shape index (κ2) is 6.84. The molecule has 1 rings (SSSR count). The first-order chi connectivity index (χ1) is 7.75. The number of hydrogen-bond acceptors (Lipinski definition) is 6. The SMILES string of the molecule is CCOc1ccccc1C(=N)N.O=S(=O)([O-])[O-]. The molecule has 0 aliphatic rings. The molecule has 0 heterocycles. The van der Waals surface area contributed by atoms with Crippen LogP contribution in [0, 0.1) is 5.41 Å². The number of nitrogens with one attached hydrogen (secondary N) is 1. The van der Waals surface area contributed by atoms with Crippen molar-refractivity contribution in [2.45, 2.75) is 6.92 Å². The second-order valence-electron chi connectivity index (χ2n) is 2.75. The van der Waals surface area contributed by atoms with Gasteiger partial charge in [-0.3, -0.25) is 13.8 Å². The fourth-order valence-corrected chi connectivity index (χ4v) is 0.971. The van der Waals surface area contributed by atoms with E-state index < -0.39 is 10.4 Å². The van der Waals surface area contributed by atoms with Crippen LogP contribution in [-0.4, -0.2) is 30.0 Å². The summed E-state index contributed by atoms with van der Waals surface area (Å²) in [4.78, 5) is 0. The number of amidine groups is 1. The van der Waals surface area contributed by atoms with Gasteiger partial charge in [0, 0.05) is 10.4 Å². The minimum absolute atomic E-state index is 0.0408. The lowest BCUT2D eigenvalue weighted by atomic mass is 10.2. The minimum Gasteiger partial charge on any atom is -0.759 e. The van der Waals surface area contributed by atoms with Gasteiger partial charge in [-0.1, -0.05) is 12.1 Å². The van der Waals surface area contributed by atoms with Gasteiger partial charge in [-0.15, -0.1) is 0 Å². The van der Waals surface area contributed by atoms with E-state index in [1.54, 1.807) is 12.1 Å². The molecule has 0 unspecified atom stereocenters. The predicted octanol–water partition coefficient (Wildman–Crippen LogP) is 0.0314. The zero-order chi connectivity index (χ0) is 13.5. The first-order valence-electron chi connectivity index (χ1n) is 4.48. The Hall–Kier alpha value is -1.64. The van der Waals surface area contributed by atoms with Gasteiger partial charge in [-0.05, 0) is 19.1 Å². The molecule has 1 aromatic rings. The molecule has 0 saturated heterocycles. The summed E-state index contributed by atoms with van der Waals surface area (Å²) in [6, 6.07) is 7.27. The molecule has 0 amide bonds. The standard InChI is InChI=1S/C9H12N2O.H2O4S/c1-2-12-8-6-4-3-5-7(8)9(10)11;1-5(2,3)4/h3-6H,2H2,1H3,(H3,10,11);(H2,1,2,3,4)/p-2. The highest BCUT2D eigenvalue weighted by molar-refractivity contribution is 7.79. The zero-order valence-electron chi connectivity index (χ0n) is 9.04. The fourth-order valence-electron chi connectivity index (χ4n) is 0.971. The summed E-state index contributed by atoms with van der Waals surface area (Å²) >= 11 is 0. The molecular formula is C9H12N2O5S-2. The highest BCUT2D eigenvalue weighted by atomic mass is 32.3. The van der Waals surface area contributed by atoms with Crippen molar-refractivity contribution in [3.63, 3.8) is 0 Å². The van der Waals surface area contributed by atoms with Crippen LogP contribution in [0.4, 0.5) is 0 Å². The number of rotatable bonds is 3. The van der Waals surface area contributed by atoms with Crippen molar-refractivity contribution in [1.82, 2.24) is 0 Å². The fraction of sp³-hybridized carbons (Fsp3) is 0.222. The normalized spacial score (nSPS) is 10.1. The van der Waals surface area contributed by atoms with Crippen molar-refractivity contribution in [3.05, 3.63) is 29.8 Å². The maximum absolute atomic E-state index is 8.52. The molecule has 0 radical (unpaired) electrons. The molecule has 0 fully saturated rings. The Balaban J connectivity index is 0.000000437. The average Bonchev–Trinajstić information content (AvgIpc) is 2.16. The van der Waals surface area contributed by atoms with E-state index in [4.69, 9.17) is 33.4 Å². The van der Waals surface area contributed by atoms with Crippen LogP contribution in [0.5, 0.6) is 5.75 Å². The smallest absolute Gasteiger partial charge is 0.130 e. The van der Waals surface area contributed by atoms with Crippen molar-refractivity contribution in [2.24, 2.45) is 5.73 Å². The van der Waals surface area contributed by atoms with E-state index in [9.17, 15) is 0 Å². The van der Waals surface area contributed by atoms with E-state index in [0.29, 0.717) is 17.9 Å². The molecule has 0 saturated carbocycles. The van der Waals surface area contributed by atoms with Gasteiger partial charge in [0.2, 0.25) is 0 Å². The topological polar surface area (TPSA) is 139 Å². The molecule has 0 aliphatic heterocycles. The number of nitrogens with two attached hydrogens (primary N) is 1. The average molecular weight is 260 g/mol. The van der Waals surface area contributed by atoms with E-state index in [0.717, 1.165) is 0 Å². The molecule has 17 heavy (non-hydrogen) atoms. The molecule has 0 aliphatic carbocycles. The van der Waals surface area contributed by atoms with Gasteiger partial charge < -0.3 is 19.6 Å². The third-order valence-electron chi connectivity index (χ3n) is 1.48. The summed E-state index contributed by atoms with van der Waals surface area (Å²) in [5.74, 6) is 0.714. The summed E-state index contributed by atoms with van der Waals surface area (Å²) in [5.41, 5.74) is 6.00. The number of benzene rings is 1. The van der Waals surface area contributed by atoms with Crippen molar-refractivity contribution < 1.29 is 22.3 Å². The number of ether oxygens (including phenoxy) is 1. The summed E-state index contributed by atoms with van der Waals surface area (Å²) in [5, 5.41) is 7.25. The quantitative estimate of drug-likeness (QED) is 0.340. The maximum atomic E-state index is 8.52. The lowest BCUT2D eigenvalue weighted by Gasteiger charge is -2.07. The van der Waals surface area contributed by atoms with Crippen LogP contribution >= 0.6 is 0 Å². The van der Waals surface area contributed by atoms with Crippen molar-refractivity contribution in [1.29, 1.82) is 5.41 Å². The van der Waals surface area contributed by atoms with Crippen molar-refractivity contribution in [3.8, 4) is 5.75 Å². The summed E-state index contributed by atoms with van der Waals surface area (Å²) in [7, 11) is -5.17. The molecule has 96 valence electrons. The molecule has 0 spiro atoms. The maximum Gasteiger partial charge on any atom is 0.130 e. The molecule has 0 atom stereocenters. The summed E-state index contributed by atoms with van der Waals surface area (Å²) < 4.78 is 39.4. The van der Waals surface area contributed by atoms with Gasteiger partial charge in [0.15, 0.2) is 0 Å². The molecule has 3 N–H and O–H groups in total. The molecule has 0 bridgehead atoms. The van der Waals surface area contributed by atoms with Crippen LogP contribution in [0.3, 0.4) is 0 Å². The first-order valence-corrected chi connectivity index (χ1v) is 5.82. The highest BCUT2D eigenvalue weighted by Gasteiger charge is 2.03. The van der Waals surface area contributed by atoms with Gasteiger partial charge in [0.1, 0.15) is 11.6 Å². The van der Waals surface area contributed by atoms with Gasteiger partial charge in [0.25, 0.3) is 0 Å². The van der Waals surface area contributed by atoms with Crippen LogP contribution in [0.2, 0.25) is 0 Å². The van der Waals surface area contributed by atoms with Gasteiger partial charge in [-0.2, -0.15) is 0 Å². The van der Waals surface area contributed by atoms with Gasteiger partial charge in [-0.25, -0.2) is 0 Å². The van der Waals surface area contributed by atoms with Crippen LogP contribution in [0.25, 0.3) is 0 Å². The first kappa shape index (κ1) is 15.4. The Morgan fingerprint density at radius 3 is 2.29 bits per heavy atom. The van der Waals surface area contributed by atoms with Crippen molar-refractivity contribution in [2.75, 3.05) is 6.61 Å². The number of nitrogen functional groups attached to an aromatic ring is 1. The second-order valence-corrected chi connectivity index (χ2v) is 3.57. The van der Waals surface area contributed by atoms with Crippen LogP contribution in [0.1, 0.15) is 12.5 Å². The Labute approximate surface area is 99.3 Å². The molecule has 8 heteroatoms. The third-order valence-corrected chi connectivity index (χ3v) is 1.48. The highest BCUT2D eigenvalue weighted by Crippen LogP contribution is 2.16. The van der Waals surface area contributed by atoms with Crippen molar-refractivity contribution >= 4 is 16.2 Å². The number of para-hydroxylation sites is 1. The lowest BCUT2D eigenvalue weighted by molar-refractivity contribution is 0.339.